The fourth-order valence-corrected chi connectivity index (χ4v) is 3.65. The zero-order valence-corrected chi connectivity index (χ0v) is 20.5. The average Bonchev–Trinajstić information content (AvgIpc) is 3.18. The van der Waals surface area contributed by atoms with Crippen LogP contribution in [0.1, 0.15) is 49.3 Å². The van der Waals surface area contributed by atoms with Gasteiger partial charge < -0.3 is 19.1 Å². The third kappa shape index (κ3) is 5.68. The van der Waals surface area contributed by atoms with E-state index in [9.17, 15) is 18.7 Å². The topological polar surface area (TPSA) is 86.5 Å². The van der Waals surface area contributed by atoms with E-state index in [0.717, 1.165) is 17.3 Å². The van der Waals surface area contributed by atoms with Crippen LogP contribution in [0.25, 0.3) is 22.3 Å². The molecular weight excluding hydrogens is 468 g/mol. The normalized spacial score (nSPS) is 12.2. The quantitative estimate of drug-likeness (QED) is 0.311. The highest BCUT2D eigenvalue weighted by atomic mass is 19.3. The highest BCUT2D eigenvalue weighted by molar-refractivity contribution is 5.95. The third-order valence-corrected chi connectivity index (χ3v) is 5.41. The number of ether oxygens (including phenoxy) is 2. The molecule has 0 aliphatic carbocycles. The highest BCUT2D eigenvalue weighted by Crippen LogP contribution is 2.35. The molecule has 2 aromatic heterocycles. The Balaban J connectivity index is 1.78. The van der Waals surface area contributed by atoms with Gasteiger partial charge in [0.25, 0.3) is 5.92 Å². The summed E-state index contributed by atoms with van der Waals surface area (Å²) in [4.78, 5) is 19.5. The summed E-state index contributed by atoms with van der Waals surface area (Å²) in [6.07, 6.45) is 2.63. The molecule has 0 aliphatic rings. The second-order valence-electron chi connectivity index (χ2n) is 9.50. The molecule has 4 rings (SSSR count). The second kappa shape index (κ2) is 9.66. The van der Waals surface area contributed by atoms with E-state index in [2.05, 4.69) is 9.97 Å². The molecule has 0 atom stereocenters. The lowest BCUT2D eigenvalue weighted by Gasteiger charge is -2.20. The number of aromatic nitrogens is 3. The maximum absolute atomic E-state index is 14.2. The molecule has 0 bridgehead atoms. The van der Waals surface area contributed by atoms with Crippen LogP contribution in [0.3, 0.4) is 0 Å². The number of carboxylic acid groups (broad SMARTS) is 1. The van der Waals surface area contributed by atoms with Crippen LogP contribution in [0.4, 0.5) is 8.78 Å². The van der Waals surface area contributed by atoms with Crippen LogP contribution in [-0.4, -0.2) is 31.2 Å². The van der Waals surface area contributed by atoms with Crippen molar-refractivity contribution in [2.75, 3.05) is 0 Å². The predicted molar refractivity (Wildman–Crippen MR) is 131 cm³/mol. The number of benzene rings is 2. The number of hydrogen-bond donors (Lipinski definition) is 1. The number of hydrogen-bond acceptors (Lipinski definition) is 5. The standard InChI is InChI=1S/C27H27F2N3O4/c1-26(2,3)36-16-32-14-21(24-30-13-20(25(33)34)23(31-24)27(4,28)29)19-11-10-18(12-22(19)32)35-15-17-8-6-5-7-9-17/h5-14H,15-16H2,1-4H3,(H,33,34). The number of halogens is 2. The lowest BCUT2D eigenvalue weighted by atomic mass is 10.1. The van der Waals surface area contributed by atoms with Gasteiger partial charge in [0, 0.05) is 36.3 Å². The Labute approximate surface area is 207 Å². The fraction of sp³-hybridized carbons (Fsp3) is 0.296. The summed E-state index contributed by atoms with van der Waals surface area (Å²) in [5.74, 6) is -4.36. The molecular formula is C27H27F2N3O4. The van der Waals surface area contributed by atoms with Gasteiger partial charge in [-0.05, 0) is 38.5 Å². The molecule has 0 fully saturated rings. The van der Waals surface area contributed by atoms with Crippen LogP contribution in [-0.2, 0) is 24.0 Å². The van der Waals surface area contributed by atoms with Crippen molar-refractivity contribution in [2.24, 2.45) is 0 Å². The Morgan fingerprint density at radius 2 is 1.81 bits per heavy atom. The molecule has 0 spiro atoms. The molecule has 188 valence electrons. The van der Waals surface area contributed by atoms with Gasteiger partial charge >= 0.3 is 5.97 Å². The van der Waals surface area contributed by atoms with Crippen LogP contribution in [0.5, 0.6) is 5.75 Å². The van der Waals surface area contributed by atoms with Gasteiger partial charge in [-0.15, -0.1) is 0 Å². The maximum Gasteiger partial charge on any atom is 0.339 e. The molecule has 1 N–H and O–H groups in total. The van der Waals surface area contributed by atoms with E-state index in [1.54, 1.807) is 18.3 Å². The van der Waals surface area contributed by atoms with Crippen molar-refractivity contribution in [3.05, 3.63) is 77.7 Å². The molecule has 0 amide bonds. The van der Waals surface area contributed by atoms with Crippen molar-refractivity contribution in [3.63, 3.8) is 0 Å². The highest BCUT2D eigenvalue weighted by Gasteiger charge is 2.33. The first kappa shape index (κ1) is 25.2. The Morgan fingerprint density at radius 3 is 2.44 bits per heavy atom. The summed E-state index contributed by atoms with van der Waals surface area (Å²) in [6.45, 7) is 6.97. The Bertz CT molecular complexity index is 1390. The van der Waals surface area contributed by atoms with Crippen molar-refractivity contribution in [1.82, 2.24) is 14.5 Å². The monoisotopic (exact) mass is 495 g/mol. The first-order chi connectivity index (χ1) is 16.9. The van der Waals surface area contributed by atoms with Crippen molar-refractivity contribution in [1.29, 1.82) is 0 Å². The number of aromatic carboxylic acids is 1. The van der Waals surface area contributed by atoms with E-state index >= 15 is 0 Å². The minimum atomic E-state index is -3.46. The van der Waals surface area contributed by atoms with E-state index in [4.69, 9.17) is 9.47 Å². The number of carbonyl (C=O) groups is 1. The first-order valence-electron chi connectivity index (χ1n) is 11.3. The molecule has 0 aliphatic heterocycles. The molecule has 0 saturated carbocycles. The zero-order chi connectivity index (χ0) is 26.1. The summed E-state index contributed by atoms with van der Waals surface area (Å²) in [5.41, 5.74) is 0.326. The summed E-state index contributed by atoms with van der Waals surface area (Å²) >= 11 is 0. The molecule has 0 saturated heterocycles. The molecule has 36 heavy (non-hydrogen) atoms. The van der Waals surface area contributed by atoms with Crippen LogP contribution in [0.15, 0.2) is 60.9 Å². The van der Waals surface area contributed by atoms with E-state index < -0.39 is 28.8 Å². The van der Waals surface area contributed by atoms with Gasteiger partial charge in [0.1, 0.15) is 30.3 Å². The number of rotatable bonds is 8. The van der Waals surface area contributed by atoms with Crippen molar-refractivity contribution < 1.29 is 28.2 Å². The van der Waals surface area contributed by atoms with E-state index in [0.29, 0.717) is 30.2 Å². The smallest absolute Gasteiger partial charge is 0.339 e. The van der Waals surface area contributed by atoms with Crippen LogP contribution in [0.2, 0.25) is 0 Å². The van der Waals surface area contributed by atoms with Gasteiger partial charge in [0.05, 0.1) is 11.1 Å². The molecule has 0 unspecified atom stereocenters. The lowest BCUT2D eigenvalue weighted by Crippen LogP contribution is -2.20. The average molecular weight is 496 g/mol. The van der Waals surface area contributed by atoms with E-state index in [1.165, 1.54) is 0 Å². The molecule has 4 aromatic rings. The minimum absolute atomic E-state index is 0.00557. The van der Waals surface area contributed by atoms with Crippen LogP contribution < -0.4 is 4.74 Å². The Kier molecular flexibility index (Phi) is 6.77. The van der Waals surface area contributed by atoms with Crippen LogP contribution in [0, 0.1) is 0 Å². The Morgan fingerprint density at radius 1 is 1.08 bits per heavy atom. The van der Waals surface area contributed by atoms with E-state index in [1.807, 2.05) is 61.7 Å². The number of alkyl halides is 2. The van der Waals surface area contributed by atoms with Crippen molar-refractivity contribution in [2.45, 2.75) is 52.6 Å². The predicted octanol–water partition coefficient (Wildman–Crippen LogP) is 6.26. The van der Waals surface area contributed by atoms with Gasteiger partial charge in [-0.25, -0.2) is 14.8 Å². The van der Waals surface area contributed by atoms with Crippen LogP contribution >= 0.6 is 0 Å². The number of nitrogens with zero attached hydrogens (tertiary/aromatic N) is 3. The summed E-state index contributed by atoms with van der Waals surface area (Å²) in [5, 5.41) is 10.0. The van der Waals surface area contributed by atoms with Gasteiger partial charge in [-0.3, -0.25) is 0 Å². The molecule has 2 heterocycles. The minimum Gasteiger partial charge on any atom is -0.489 e. The zero-order valence-electron chi connectivity index (χ0n) is 20.5. The summed E-state index contributed by atoms with van der Waals surface area (Å²) in [7, 11) is 0. The molecule has 2 aromatic carbocycles. The Hall–Kier alpha value is -3.85. The largest absolute Gasteiger partial charge is 0.489 e. The van der Waals surface area contributed by atoms with Gasteiger partial charge in [-0.1, -0.05) is 30.3 Å². The third-order valence-electron chi connectivity index (χ3n) is 5.41. The van der Waals surface area contributed by atoms with E-state index in [-0.39, 0.29) is 12.6 Å². The molecule has 0 radical (unpaired) electrons. The van der Waals surface area contributed by atoms with Crippen molar-refractivity contribution in [3.8, 4) is 17.1 Å². The fourth-order valence-electron chi connectivity index (χ4n) is 3.65. The SMILES string of the molecule is CC(C)(C)OCn1cc(-c2ncc(C(=O)O)c(C(C)(F)F)n2)c2ccc(OCc3ccccc3)cc21. The molecule has 9 heteroatoms. The first-order valence-corrected chi connectivity index (χ1v) is 11.3. The van der Waals surface area contributed by atoms with Gasteiger partial charge in [0.15, 0.2) is 5.82 Å². The maximum atomic E-state index is 14.2. The summed E-state index contributed by atoms with van der Waals surface area (Å²) in [6, 6.07) is 15.2. The molecule has 7 nitrogen and oxygen atoms in total. The van der Waals surface area contributed by atoms with Crippen molar-refractivity contribution >= 4 is 16.9 Å². The lowest BCUT2D eigenvalue weighted by molar-refractivity contribution is -0.0415. The number of fused-ring (bicyclic) bond motifs is 1. The number of carboxylic acids is 1. The summed E-state index contributed by atoms with van der Waals surface area (Å²) < 4.78 is 42.2. The van der Waals surface area contributed by atoms with Gasteiger partial charge in [-0.2, -0.15) is 8.78 Å². The second-order valence-corrected chi connectivity index (χ2v) is 9.50. The van der Waals surface area contributed by atoms with Gasteiger partial charge in [0.2, 0.25) is 0 Å².